The maximum absolute atomic E-state index is 11.5. The van der Waals surface area contributed by atoms with Gasteiger partial charge >= 0.3 is 11.7 Å². The van der Waals surface area contributed by atoms with Gasteiger partial charge in [0.2, 0.25) is 11.6 Å². The number of likely N-dealkylation sites (N-methyl/N-ethyl adjacent to an activating group) is 1. The largest absolute Gasteiger partial charge is 0.468 e. The summed E-state index contributed by atoms with van der Waals surface area (Å²) in [6.07, 6.45) is 1.21. The first-order valence-electron chi connectivity index (χ1n) is 7.08. The van der Waals surface area contributed by atoms with Crippen LogP contribution in [0.2, 0.25) is 0 Å². The number of carbonyl (C=O) groups excluding carboxylic acids is 1. The van der Waals surface area contributed by atoms with Gasteiger partial charge in [-0.3, -0.25) is 14.9 Å². The Morgan fingerprint density at radius 1 is 1.33 bits per heavy atom. The Labute approximate surface area is 138 Å². The van der Waals surface area contributed by atoms with Crippen LogP contribution in [0.25, 0.3) is 0 Å². The lowest BCUT2D eigenvalue weighted by Crippen LogP contribution is -2.28. The zero-order valence-electron chi connectivity index (χ0n) is 13.3. The van der Waals surface area contributed by atoms with Gasteiger partial charge in [0.1, 0.15) is 12.9 Å². The lowest BCUT2D eigenvalue weighted by atomic mass is 10.2. The van der Waals surface area contributed by atoms with Crippen LogP contribution in [0.15, 0.2) is 36.7 Å². The second-order valence-corrected chi connectivity index (χ2v) is 4.92. The SMILES string of the molecule is COC(=O)CN(C)c1ncnc(NCc2ccccc2)c1[N+](=O)[O-]. The minimum Gasteiger partial charge on any atom is -0.468 e. The molecule has 0 fully saturated rings. The molecule has 24 heavy (non-hydrogen) atoms. The molecule has 0 saturated heterocycles. The molecule has 2 rings (SSSR count). The van der Waals surface area contributed by atoms with Crippen molar-refractivity contribution in [2.75, 3.05) is 30.9 Å². The Morgan fingerprint density at radius 3 is 2.67 bits per heavy atom. The van der Waals surface area contributed by atoms with Crippen LogP contribution >= 0.6 is 0 Å². The summed E-state index contributed by atoms with van der Waals surface area (Å²) in [6, 6.07) is 9.42. The number of hydrogen-bond acceptors (Lipinski definition) is 8. The summed E-state index contributed by atoms with van der Waals surface area (Å²) in [7, 11) is 2.77. The number of nitrogens with zero attached hydrogens (tertiary/aromatic N) is 4. The van der Waals surface area contributed by atoms with E-state index in [0.717, 1.165) is 5.56 Å². The van der Waals surface area contributed by atoms with E-state index in [-0.39, 0.29) is 23.9 Å². The lowest BCUT2D eigenvalue weighted by Gasteiger charge is -2.17. The summed E-state index contributed by atoms with van der Waals surface area (Å²) < 4.78 is 4.57. The highest BCUT2D eigenvalue weighted by atomic mass is 16.6. The highest BCUT2D eigenvalue weighted by molar-refractivity contribution is 5.78. The third kappa shape index (κ3) is 4.15. The van der Waals surface area contributed by atoms with Crippen molar-refractivity contribution in [1.29, 1.82) is 0 Å². The number of carbonyl (C=O) groups is 1. The van der Waals surface area contributed by atoms with E-state index in [0.29, 0.717) is 6.54 Å². The maximum Gasteiger partial charge on any atom is 0.353 e. The van der Waals surface area contributed by atoms with E-state index in [1.807, 2.05) is 30.3 Å². The van der Waals surface area contributed by atoms with E-state index in [1.165, 1.54) is 25.4 Å². The fourth-order valence-electron chi connectivity index (χ4n) is 2.06. The highest BCUT2D eigenvalue weighted by Crippen LogP contribution is 2.31. The van der Waals surface area contributed by atoms with Gasteiger partial charge in [-0.15, -0.1) is 0 Å². The summed E-state index contributed by atoms with van der Waals surface area (Å²) in [5, 5.41) is 14.4. The monoisotopic (exact) mass is 331 g/mol. The fraction of sp³-hybridized carbons (Fsp3) is 0.267. The molecule has 0 atom stereocenters. The summed E-state index contributed by atoms with van der Waals surface area (Å²) in [6.45, 7) is 0.214. The topological polar surface area (TPSA) is 110 Å². The normalized spacial score (nSPS) is 10.1. The van der Waals surface area contributed by atoms with Crippen molar-refractivity contribution < 1.29 is 14.5 Å². The molecule has 126 valence electrons. The van der Waals surface area contributed by atoms with Gasteiger partial charge in [-0.05, 0) is 5.56 Å². The van der Waals surface area contributed by atoms with Crippen LogP contribution in [0.1, 0.15) is 5.56 Å². The van der Waals surface area contributed by atoms with Crippen LogP contribution in [0.3, 0.4) is 0 Å². The van der Waals surface area contributed by atoms with Crippen molar-refractivity contribution in [2.45, 2.75) is 6.54 Å². The van der Waals surface area contributed by atoms with E-state index in [2.05, 4.69) is 20.0 Å². The number of ether oxygens (including phenoxy) is 1. The third-order valence-electron chi connectivity index (χ3n) is 3.24. The summed E-state index contributed by atoms with van der Waals surface area (Å²) in [5.74, 6) is -0.397. The smallest absolute Gasteiger partial charge is 0.353 e. The number of aromatic nitrogens is 2. The van der Waals surface area contributed by atoms with Crippen LogP contribution in [0.5, 0.6) is 0 Å². The van der Waals surface area contributed by atoms with Crippen LogP contribution in [0, 0.1) is 10.1 Å². The summed E-state index contributed by atoms with van der Waals surface area (Å²) in [4.78, 5) is 31.5. The predicted molar refractivity (Wildman–Crippen MR) is 87.7 cm³/mol. The van der Waals surface area contributed by atoms with E-state index in [4.69, 9.17) is 0 Å². The number of esters is 1. The van der Waals surface area contributed by atoms with Gasteiger partial charge in [0, 0.05) is 13.6 Å². The van der Waals surface area contributed by atoms with Crippen LogP contribution in [0.4, 0.5) is 17.3 Å². The molecule has 9 nitrogen and oxygen atoms in total. The van der Waals surface area contributed by atoms with Gasteiger partial charge in [0.15, 0.2) is 0 Å². The molecule has 0 bridgehead atoms. The third-order valence-corrected chi connectivity index (χ3v) is 3.24. The van der Waals surface area contributed by atoms with E-state index >= 15 is 0 Å². The molecule has 1 aromatic carbocycles. The van der Waals surface area contributed by atoms with Crippen molar-refractivity contribution in [2.24, 2.45) is 0 Å². The van der Waals surface area contributed by atoms with Crippen molar-refractivity contribution in [1.82, 2.24) is 9.97 Å². The lowest BCUT2D eigenvalue weighted by molar-refractivity contribution is -0.383. The number of methoxy groups -OCH3 is 1. The van der Waals surface area contributed by atoms with E-state index in [1.54, 1.807) is 0 Å². The van der Waals surface area contributed by atoms with Gasteiger partial charge in [-0.25, -0.2) is 9.97 Å². The van der Waals surface area contributed by atoms with Crippen molar-refractivity contribution in [3.8, 4) is 0 Å². The molecular weight excluding hydrogens is 314 g/mol. The summed E-state index contributed by atoms with van der Waals surface area (Å²) in [5.41, 5.74) is 0.662. The number of nitro groups is 1. The summed E-state index contributed by atoms with van der Waals surface area (Å²) >= 11 is 0. The minimum absolute atomic E-state index is 0.0379. The molecule has 1 N–H and O–H groups in total. The first-order valence-corrected chi connectivity index (χ1v) is 7.08. The number of hydrogen-bond donors (Lipinski definition) is 1. The standard InChI is InChI=1S/C15H17N5O4/c1-19(9-12(21)24-2)15-13(20(22)23)14(17-10-18-15)16-8-11-6-4-3-5-7-11/h3-7,10H,8-9H2,1-2H3,(H,16,17,18). The number of rotatable bonds is 7. The molecule has 0 amide bonds. The second kappa shape index (κ2) is 7.86. The highest BCUT2D eigenvalue weighted by Gasteiger charge is 2.26. The molecule has 0 aliphatic carbocycles. The van der Waals surface area contributed by atoms with Gasteiger partial charge in [-0.1, -0.05) is 30.3 Å². The minimum atomic E-state index is -0.573. The van der Waals surface area contributed by atoms with Gasteiger partial charge in [0.05, 0.1) is 12.0 Å². The van der Waals surface area contributed by atoms with Crippen LogP contribution in [-0.4, -0.2) is 41.6 Å². The predicted octanol–water partition coefficient (Wildman–Crippen LogP) is 1.61. The van der Waals surface area contributed by atoms with Crippen molar-refractivity contribution >= 4 is 23.3 Å². The van der Waals surface area contributed by atoms with Gasteiger partial charge < -0.3 is 15.0 Å². The first-order chi connectivity index (χ1) is 11.5. The molecule has 0 aliphatic heterocycles. The van der Waals surface area contributed by atoms with E-state index in [9.17, 15) is 14.9 Å². The van der Waals surface area contributed by atoms with Gasteiger partial charge in [-0.2, -0.15) is 0 Å². The molecule has 0 saturated carbocycles. The molecule has 1 aromatic heterocycles. The molecule has 0 unspecified atom stereocenters. The zero-order chi connectivity index (χ0) is 17.5. The van der Waals surface area contributed by atoms with E-state index < -0.39 is 10.9 Å². The van der Waals surface area contributed by atoms with Crippen molar-refractivity contribution in [3.63, 3.8) is 0 Å². The molecular formula is C15H17N5O4. The average Bonchev–Trinajstić information content (AvgIpc) is 2.60. The van der Waals surface area contributed by atoms with Crippen LogP contribution in [-0.2, 0) is 16.1 Å². The molecule has 1 heterocycles. The molecule has 2 aromatic rings. The molecule has 0 aliphatic rings. The Balaban J connectivity index is 2.26. The van der Waals surface area contributed by atoms with Gasteiger partial charge in [0.25, 0.3) is 0 Å². The quantitative estimate of drug-likeness (QED) is 0.463. The number of benzene rings is 1. The Kier molecular flexibility index (Phi) is 5.61. The molecule has 0 spiro atoms. The fourth-order valence-corrected chi connectivity index (χ4v) is 2.06. The Hall–Kier alpha value is -3.23. The number of nitrogens with one attached hydrogen (secondary N) is 1. The second-order valence-electron chi connectivity index (χ2n) is 4.92. The average molecular weight is 331 g/mol. The van der Waals surface area contributed by atoms with Crippen molar-refractivity contribution in [3.05, 3.63) is 52.3 Å². The number of anilines is 2. The Morgan fingerprint density at radius 2 is 2.04 bits per heavy atom. The van der Waals surface area contributed by atoms with Crippen LogP contribution < -0.4 is 10.2 Å². The molecule has 0 radical (unpaired) electrons. The molecule has 9 heteroatoms. The first kappa shape index (κ1) is 17.1. The Bertz CT molecular complexity index is 723. The maximum atomic E-state index is 11.5. The zero-order valence-corrected chi connectivity index (χ0v) is 13.3.